The summed E-state index contributed by atoms with van der Waals surface area (Å²) in [5.41, 5.74) is 0.0663. The number of aromatic nitrogens is 1. The van der Waals surface area contributed by atoms with E-state index in [4.69, 9.17) is 4.74 Å². The van der Waals surface area contributed by atoms with Crippen LogP contribution in [0.3, 0.4) is 0 Å². The van der Waals surface area contributed by atoms with Crippen LogP contribution in [0.2, 0.25) is 0 Å². The average Bonchev–Trinajstić information content (AvgIpc) is 2.64. The van der Waals surface area contributed by atoms with E-state index in [1.165, 1.54) is 0 Å². The molecule has 3 rings (SSSR count). The molecule has 2 unspecified atom stereocenters. The number of ether oxygens (including phenoxy) is 1. The second-order valence-corrected chi connectivity index (χ2v) is 7.12. The lowest BCUT2D eigenvalue weighted by Crippen LogP contribution is -2.47. The Hall–Kier alpha value is -1.46. The van der Waals surface area contributed by atoms with Gasteiger partial charge in [-0.1, -0.05) is 13.0 Å². The van der Waals surface area contributed by atoms with Crippen LogP contribution in [0.5, 0.6) is 0 Å². The minimum Gasteiger partial charge on any atom is -0.385 e. The van der Waals surface area contributed by atoms with Crippen molar-refractivity contribution in [2.75, 3.05) is 6.61 Å². The molecule has 5 nitrogen and oxygen atoms in total. The number of nitrogens with one attached hydrogen (secondary N) is 1. The van der Waals surface area contributed by atoms with Crippen molar-refractivity contribution < 1.29 is 14.6 Å². The molecule has 5 heteroatoms. The molecule has 0 radical (unpaired) electrons. The largest absolute Gasteiger partial charge is 0.385 e. The van der Waals surface area contributed by atoms with Gasteiger partial charge in [0.25, 0.3) is 0 Å². The molecule has 1 saturated heterocycles. The summed E-state index contributed by atoms with van der Waals surface area (Å²) in [5.74, 6) is 0.0984. The van der Waals surface area contributed by atoms with Crippen molar-refractivity contribution in [1.82, 2.24) is 10.3 Å². The molecule has 1 amide bonds. The third-order valence-electron chi connectivity index (χ3n) is 5.54. The molecular formula is C19H28N2O3. The normalized spacial score (nSPS) is 33.8. The molecule has 1 saturated carbocycles. The molecule has 2 atom stereocenters. The van der Waals surface area contributed by atoms with Gasteiger partial charge >= 0.3 is 0 Å². The summed E-state index contributed by atoms with van der Waals surface area (Å²) >= 11 is 0. The van der Waals surface area contributed by atoms with Crippen molar-refractivity contribution in [3.8, 4) is 0 Å². The van der Waals surface area contributed by atoms with E-state index in [9.17, 15) is 9.90 Å². The zero-order valence-electron chi connectivity index (χ0n) is 14.4. The number of pyridine rings is 1. The third-order valence-corrected chi connectivity index (χ3v) is 5.54. The number of amides is 1. The van der Waals surface area contributed by atoms with Gasteiger partial charge in [0.2, 0.25) is 5.91 Å². The molecular weight excluding hydrogens is 304 g/mol. The van der Waals surface area contributed by atoms with Gasteiger partial charge in [0, 0.05) is 30.6 Å². The summed E-state index contributed by atoms with van der Waals surface area (Å²) in [6.45, 7) is 2.84. The van der Waals surface area contributed by atoms with Crippen LogP contribution in [-0.4, -0.2) is 34.8 Å². The van der Waals surface area contributed by atoms with Gasteiger partial charge in [0.05, 0.1) is 17.6 Å². The van der Waals surface area contributed by atoms with E-state index in [0.717, 1.165) is 44.3 Å². The van der Waals surface area contributed by atoms with Crippen LogP contribution in [0.4, 0.5) is 0 Å². The van der Waals surface area contributed by atoms with Crippen LogP contribution in [0, 0.1) is 5.92 Å². The second-order valence-electron chi connectivity index (χ2n) is 7.12. The van der Waals surface area contributed by atoms with Crippen molar-refractivity contribution >= 4 is 5.91 Å². The molecule has 2 fully saturated rings. The number of rotatable bonds is 4. The molecule has 1 aliphatic heterocycles. The van der Waals surface area contributed by atoms with Crippen LogP contribution >= 0.6 is 0 Å². The summed E-state index contributed by atoms with van der Waals surface area (Å²) in [5, 5.41) is 14.0. The van der Waals surface area contributed by atoms with E-state index in [1.807, 2.05) is 12.1 Å². The van der Waals surface area contributed by atoms with Gasteiger partial charge in [-0.2, -0.15) is 0 Å². The highest BCUT2D eigenvalue weighted by atomic mass is 16.5. The quantitative estimate of drug-likeness (QED) is 0.889. The SMILES string of the molecule is CCC1OCCCC1C(=O)NC1CCC(O)(c2cccnc2)CC1. The molecule has 1 aromatic heterocycles. The van der Waals surface area contributed by atoms with Crippen molar-refractivity contribution in [2.24, 2.45) is 5.92 Å². The van der Waals surface area contributed by atoms with E-state index < -0.39 is 5.60 Å². The monoisotopic (exact) mass is 332 g/mol. The zero-order valence-corrected chi connectivity index (χ0v) is 14.4. The first-order chi connectivity index (χ1) is 11.6. The van der Waals surface area contributed by atoms with Crippen molar-refractivity contribution in [2.45, 2.75) is 69.6 Å². The summed E-state index contributed by atoms with van der Waals surface area (Å²) in [4.78, 5) is 16.7. The summed E-state index contributed by atoms with van der Waals surface area (Å²) in [6.07, 6.45) is 9.15. The Morgan fingerprint density at radius 1 is 1.42 bits per heavy atom. The molecule has 0 bridgehead atoms. The minimum atomic E-state index is -0.810. The van der Waals surface area contributed by atoms with Crippen LogP contribution in [0.1, 0.15) is 57.4 Å². The van der Waals surface area contributed by atoms with Gasteiger partial charge in [-0.3, -0.25) is 9.78 Å². The van der Waals surface area contributed by atoms with E-state index in [-0.39, 0.29) is 24.0 Å². The highest BCUT2D eigenvalue weighted by Gasteiger charge is 2.37. The number of carbonyl (C=O) groups is 1. The lowest BCUT2D eigenvalue weighted by Gasteiger charge is -2.37. The highest BCUT2D eigenvalue weighted by molar-refractivity contribution is 5.79. The Morgan fingerprint density at radius 2 is 2.21 bits per heavy atom. The Bertz CT molecular complexity index is 541. The molecule has 24 heavy (non-hydrogen) atoms. The van der Waals surface area contributed by atoms with E-state index >= 15 is 0 Å². The maximum Gasteiger partial charge on any atom is 0.225 e. The van der Waals surface area contributed by atoms with Crippen LogP contribution in [0.25, 0.3) is 0 Å². The molecule has 1 aliphatic carbocycles. The van der Waals surface area contributed by atoms with Crippen LogP contribution in [0.15, 0.2) is 24.5 Å². The Labute approximate surface area is 143 Å². The van der Waals surface area contributed by atoms with E-state index in [0.29, 0.717) is 12.8 Å². The summed E-state index contributed by atoms with van der Waals surface area (Å²) in [7, 11) is 0. The van der Waals surface area contributed by atoms with Gasteiger partial charge in [-0.15, -0.1) is 0 Å². The van der Waals surface area contributed by atoms with Gasteiger partial charge in [0.15, 0.2) is 0 Å². The fourth-order valence-electron chi connectivity index (χ4n) is 4.02. The number of nitrogens with zero attached hydrogens (tertiary/aromatic N) is 1. The molecule has 2 aliphatic rings. The van der Waals surface area contributed by atoms with Crippen LogP contribution in [-0.2, 0) is 15.1 Å². The van der Waals surface area contributed by atoms with Gasteiger partial charge < -0.3 is 15.2 Å². The maximum atomic E-state index is 12.6. The minimum absolute atomic E-state index is 0.0251. The van der Waals surface area contributed by atoms with Crippen molar-refractivity contribution in [1.29, 1.82) is 0 Å². The maximum absolute atomic E-state index is 12.6. The van der Waals surface area contributed by atoms with Crippen molar-refractivity contribution in [3.05, 3.63) is 30.1 Å². The van der Waals surface area contributed by atoms with Crippen molar-refractivity contribution in [3.63, 3.8) is 0 Å². The second kappa shape index (κ2) is 7.62. The number of carbonyl (C=O) groups excluding carboxylic acids is 1. The first-order valence-corrected chi connectivity index (χ1v) is 9.17. The lowest BCUT2D eigenvalue weighted by atomic mass is 9.78. The Morgan fingerprint density at radius 3 is 2.88 bits per heavy atom. The predicted octanol–water partition coefficient (Wildman–Crippen LogP) is 2.53. The fourth-order valence-corrected chi connectivity index (χ4v) is 4.02. The number of aliphatic hydroxyl groups is 1. The molecule has 2 N–H and O–H groups in total. The van der Waals surface area contributed by atoms with Gasteiger partial charge in [-0.25, -0.2) is 0 Å². The standard InChI is InChI=1S/C19H28N2O3/c1-2-17-16(6-4-12-24-17)18(22)21-15-7-9-19(23,10-8-15)14-5-3-11-20-13-14/h3,5,11,13,15-17,23H,2,4,6-10,12H2,1H3,(H,21,22). The summed E-state index contributed by atoms with van der Waals surface area (Å²) in [6, 6.07) is 3.93. The Kier molecular flexibility index (Phi) is 5.51. The predicted molar refractivity (Wildman–Crippen MR) is 91.3 cm³/mol. The molecule has 132 valence electrons. The number of hydrogen-bond acceptors (Lipinski definition) is 4. The van der Waals surface area contributed by atoms with E-state index in [2.05, 4.69) is 17.2 Å². The topological polar surface area (TPSA) is 71.5 Å². The highest BCUT2D eigenvalue weighted by Crippen LogP contribution is 2.37. The lowest BCUT2D eigenvalue weighted by molar-refractivity contribution is -0.135. The zero-order chi connectivity index (χ0) is 17.0. The third kappa shape index (κ3) is 3.78. The smallest absolute Gasteiger partial charge is 0.225 e. The molecule has 1 aromatic rings. The average molecular weight is 332 g/mol. The Balaban J connectivity index is 1.54. The molecule has 0 spiro atoms. The van der Waals surface area contributed by atoms with E-state index in [1.54, 1.807) is 12.4 Å². The molecule has 0 aromatic carbocycles. The van der Waals surface area contributed by atoms with Gasteiger partial charge in [-0.05, 0) is 51.0 Å². The van der Waals surface area contributed by atoms with Crippen LogP contribution < -0.4 is 5.32 Å². The molecule has 2 heterocycles. The van der Waals surface area contributed by atoms with Gasteiger partial charge in [0.1, 0.15) is 0 Å². The first kappa shape index (κ1) is 17.4. The fraction of sp³-hybridized carbons (Fsp3) is 0.684. The first-order valence-electron chi connectivity index (χ1n) is 9.17. The number of hydrogen-bond donors (Lipinski definition) is 2. The summed E-state index contributed by atoms with van der Waals surface area (Å²) < 4.78 is 5.73.